The highest BCUT2D eigenvalue weighted by molar-refractivity contribution is 5.69. The van der Waals surface area contributed by atoms with Crippen molar-refractivity contribution in [2.24, 2.45) is 0 Å². The minimum Gasteiger partial charge on any atom is -0.461 e. The molecule has 26 heavy (non-hydrogen) atoms. The second kappa shape index (κ2) is 7.81. The van der Waals surface area contributed by atoms with Gasteiger partial charge >= 0.3 is 5.97 Å². The van der Waals surface area contributed by atoms with Gasteiger partial charge in [0.2, 0.25) is 11.7 Å². The molecule has 8 heteroatoms. The summed E-state index contributed by atoms with van der Waals surface area (Å²) in [6.07, 6.45) is 0.0562. The molecule has 5 nitrogen and oxygen atoms in total. The fourth-order valence-corrected chi connectivity index (χ4v) is 2.17. The van der Waals surface area contributed by atoms with E-state index in [-0.39, 0.29) is 42.5 Å². The lowest BCUT2D eigenvalue weighted by Crippen LogP contribution is -2.07. The van der Waals surface area contributed by atoms with Crippen molar-refractivity contribution in [1.29, 1.82) is 0 Å². The van der Waals surface area contributed by atoms with Crippen LogP contribution in [-0.4, -0.2) is 16.1 Å². The van der Waals surface area contributed by atoms with E-state index in [0.717, 1.165) is 6.07 Å². The molecule has 134 valence electrons. The first-order valence-electron chi connectivity index (χ1n) is 7.70. The Morgan fingerprint density at radius 2 is 1.85 bits per heavy atom. The van der Waals surface area contributed by atoms with Crippen molar-refractivity contribution in [2.45, 2.75) is 19.4 Å². The zero-order valence-corrected chi connectivity index (χ0v) is 13.4. The molecule has 0 atom stereocenters. The molecule has 0 saturated carbocycles. The molecular weight excluding hydrogens is 349 g/mol. The zero-order chi connectivity index (χ0) is 18.5. The topological polar surface area (TPSA) is 65.2 Å². The Bertz CT molecular complexity index is 910. The van der Waals surface area contributed by atoms with E-state index in [9.17, 15) is 18.0 Å². The highest BCUT2D eigenvalue weighted by atomic mass is 19.2. The number of carbonyl (C=O) groups excluding carboxylic acids is 1. The third kappa shape index (κ3) is 4.27. The van der Waals surface area contributed by atoms with E-state index < -0.39 is 17.6 Å². The molecule has 3 rings (SSSR count). The fourth-order valence-electron chi connectivity index (χ4n) is 2.17. The molecule has 0 unspecified atom stereocenters. The van der Waals surface area contributed by atoms with Gasteiger partial charge < -0.3 is 9.26 Å². The standard InChI is InChI=1S/C18H13F3N2O3/c19-13-6-4-11(5-7-13)18-22-15(26-23-18)8-9-16(24)25-10-12-2-1-3-14(20)17(12)21/h1-7H,8-10H2. The summed E-state index contributed by atoms with van der Waals surface area (Å²) in [5.41, 5.74) is 0.528. The SMILES string of the molecule is O=C(CCc1nc(-c2ccc(F)cc2)no1)OCc1cccc(F)c1F. The molecule has 1 aromatic heterocycles. The van der Waals surface area contributed by atoms with E-state index in [1.165, 1.54) is 36.4 Å². The quantitative estimate of drug-likeness (QED) is 0.624. The van der Waals surface area contributed by atoms with Gasteiger partial charge in [-0.15, -0.1) is 0 Å². The van der Waals surface area contributed by atoms with Crippen molar-refractivity contribution in [3.63, 3.8) is 0 Å². The van der Waals surface area contributed by atoms with Gasteiger partial charge in [-0.3, -0.25) is 4.79 Å². The van der Waals surface area contributed by atoms with E-state index in [1.54, 1.807) is 0 Å². The van der Waals surface area contributed by atoms with Gasteiger partial charge in [0.05, 0.1) is 6.42 Å². The van der Waals surface area contributed by atoms with Gasteiger partial charge in [0, 0.05) is 17.5 Å². The first kappa shape index (κ1) is 17.7. The molecule has 1 heterocycles. The van der Waals surface area contributed by atoms with Crippen molar-refractivity contribution >= 4 is 5.97 Å². The predicted octanol–water partition coefficient (Wildman–Crippen LogP) is 3.83. The van der Waals surface area contributed by atoms with Crippen molar-refractivity contribution in [2.75, 3.05) is 0 Å². The molecule has 0 N–H and O–H groups in total. The molecule has 3 aromatic rings. The summed E-state index contributed by atoms with van der Waals surface area (Å²) in [6.45, 7) is -0.368. The number of hydrogen-bond donors (Lipinski definition) is 0. The number of ether oxygens (including phenoxy) is 1. The lowest BCUT2D eigenvalue weighted by Gasteiger charge is -2.05. The summed E-state index contributed by atoms with van der Waals surface area (Å²) in [6, 6.07) is 9.20. The highest BCUT2D eigenvalue weighted by Gasteiger charge is 2.13. The molecule has 0 aliphatic rings. The van der Waals surface area contributed by atoms with Crippen LogP contribution in [0.1, 0.15) is 17.9 Å². The minimum atomic E-state index is -1.04. The van der Waals surface area contributed by atoms with E-state index in [0.29, 0.717) is 5.56 Å². The maximum atomic E-state index is 13.5. The van der Waals surface area contributed by atoms with E-state index in [2.05, 4.69) is 10.1 Å². The number of carbonyl (C=O) groups is 1. The van der Waals surface area contributed by atoms with Gasteiger partial charge in [-0.25, -0.2) is 13.2 Å². The van der Waals surface area contributed by atoms with Crippen LogP contribution >= 0.6 is 0 Å². The molecule has 0 fully saturated rings. The Labute approximate surface area is 146 Å². The van der Waals surface area contributed by atoms with Crippen molar-refractivity contribution in [1.82, 2.24) is 10.1 Å². The summed E-state index contributed by atoms with van der Waals surface area (Å²) in [7, 11) is 0. The number of hydrogen-bond acceptors (Lipinski definition) is 5. The number of halogens is 3. The molecular formula is C18H13F3N2O3. The first-order chi connectivity index (χ1) is 12.5. The van der Waals surface area contributed by atoms with Crippen LogP contribution in [0.2, 0.25) is 0 Å². The number of rotatable bonds is 6. The van der Waals surface area contributed by atoms with E-state index in [4.69, 9.17) is 9.26 Å². The number of benzene rings is 2. The van der Waals surface area contributed by atoms with Crippen LogP contribution in [0.4, 0.5) is 13.2 Å². The summed E-state index contributed by atoms with van der Waals surface area (Å²) in [5, 5.41) is 3.76. The Morgan fingerprint density at radius 3 is 2.62 bits per heavy atom. The Balaban J connectivity index is 1.52. The van der Waals surface area contributed by atoms with Crippen molar-refractivity contribution in [3.05, 3.63) is 71.4 Å². The van der Waals surface area contributed by atoms with Gasteiger partial charge in [-0.1, -0.05) is 17.3 Å². The average molecular weight is 362 g/mol. The van der Waals surface area contributed by atoms with Gasteiger partial charge in [-0.2, -0.15) is 4.98 Å². The van der Waals surface area contributed by atoms with E-state index in [1.807, 2.05) is 0 Å². The number of aryl methyl sites for hydroxylation is 1. The normalized spacial score (nSPS) is 10.7. The van der Waals surface area contributed by atoms with Gasteiger partial charge in [0.1, 0.15) is 12.4 Å². The second-order valence-corrected chi connectivity index (χ2v) is 5.39. The van der Waals surface area contributed by atoms with Gasteiger partial charge in [-0.05, 0) is 30.3 Å². The fraction of sp³-hybridized carbons (Fsp3) is 0.167. The lowest BCUT2D eigenvalue weighted by atomic mass is 10.2. The van der Waals surface area contributed by atoms with Crippen LogP contribution in [0.15, 0.2) is 47.0 Å². The molecule has 0 aliphatic carbocycles. The first-order valence-corrected chi connectivity index (χ1v) is 7.70. The van der Waals surface area contributed by atoms with E-state index >= 15 is 0 Å². The number of esters is 1. The second-order valence-electron chi connectivity index (χ2n) is 5.39. The average Bonchev–Trinajstić information content (AvgIpc) is 3.11. The lowest BCUT2D eigenvalue weighted by molar-refractivity contribution is -0.145. The van der Waals surface area contributed by atoms with Crippen LogP contribution < -0.4 is 0 Å². The summed E-state index contributed by atoms with van der Waals surface area (Å²) >= 11 is 0. The zero-order valence-electron chi connectivity index (χ0n) is 13.4. The highest BCUT2D eigenvalue weighted by Crippen LogP contribution is 2.17. The molecule has 2 aromatic carbocycles. The Kier molecular flexibility index (Phi) is 5.31. The van der Waals surface area contributed by atoms with Crippen LogP contribution in [0.25, 0.3) is 11.4 Å². The van der Waals surface area contributed by atoms with Crippen LogP contribution in [0, 0.1) is 17.5 Å². The largest absolute Gasteiger partial charge is 0.461 e. The summed E-state index contributed by atoms with van der Waals surface area (Å²) in [4.78, 5) is 15.8. The molecule has 0 amide bonds. The molecule has 0 bridgehead atoms. The third-order valence-corrected chi connectivity index (χ3v) is 3.53. The molecule has 0 radical (unpaired) electrons. The third-order valence-electron chi connectivity index (χ3n) is 3.53. The van der Waals surface area contributed by atoms with Crippen LogP contribution in [0.5, 0.6) is 0 Å². The van der Waals surface area contributed by atoms with Crippen molar-refractivity contribution in [3.8, 4) is 11.4 Å². The number of nitrogens with zero attached hydrogens (tertiary/aromatic N) is 2. The smallest absolute Gasteiger partial charge is 0.306 e. The molecule has 0 saturated heterocycles. The summed E-state index contributed by atoms with van der Waals surface area (Å²) < 4.78 is 49.4. The maximum Gasteiger partial charge on any atom is 0.306 e. The van der Waals surface area contributed by atoms with Crippen LogP contribution in [0.3, 0.4) is 0 Å². The summed E-state index contributed by atoms with van der Waals surface area (Å²) in [5.74, 6) is -2.56. The van der Waals surface area contributed by atoms with Gasteiger partial charge in [0.15, 0.2) is 11.6 Å². The minimum absolute atomic E-state index is 0.0465. The van der Waals surface area contributed by atoms with Crippen molar-refractivity contribution < 1.29 is 27.2 Å². The predicted molar refractivity (Wildman–Crippen MR) is 84.2 cm³/mol. The maximum absolute atomic E-state index is 13.5. The van der Waals surface area contributed by atoms with Crippen LogP contribution in [-0.2, 0) is 22.6 Å². The van der Waals surface area contributed by atoms with Gasteiger partial charge in [0.25, 0.3) is 0 Å². The molecule has 0 aliphatic heterocycles. The Hall–Kier alpha value is -3.16. The Morgan fingerprint density at radius 1 is 1.08 bits per heavy atom. The molecule has 0 spiro atoms. The monoisotopic (exact) mass is 362 g/mol. The number of aromatic nitrogens is 2.